The number of halogens is 1. The monoisotopic (exact) mass is 356 g/mol. The Morgan fingerprint density at radius 3 is 2.84 bits per heavy atom. The van der Waals surface area contributed by atoms with Crippen molar-refractivity contribution in [2.45, 2.75) is 44.7 Å². The van der Waals surface area contributed by atoms with Gasteiger partial charge in [0.1, 0.15) is 16.3 Å². The van der Waals surface area contributed by atoms with Crippen molar-refractivity contribution in [3.63, 3.8) is 0 Å². The summed E-state index contributed by atoms with van der Waals surface area (Å²) in [7, 11) is 0. The lowest BCUT2D eigenvalue weighted by molar-refractivity contribution is 0.0919. The summed E-state index contributed by atoms with van der Waals surface area (Å²) >= 11 is 1.61. The van der Waals surface area contributed by atoms with Crippen LogP contribution < -0.4 is 5.32 Å². The third-order valence-electron chi connectivity index (χ3n) is 4.91. The number of aromatic nitrogens is 1. The van der Waals surface area contributed by atoms with E-state index in [0.717, 1.165) is 28.6 Å². The van der Waals surface area contributed by atoms with Crippen molar-refractivity contribution < 1.29 is 9.18 Å². The molecule has 130 valence electrons. The standard InChI is InChI=1S/C20H21FN2OS/c21-16-6-4-5-14(11-16)13-23-18(12-15-9-10-25-20(15)23)19(24)22-17-7-2-1-3-8-17/h4-6,9-12,17H,1-3,7-8,13H2,(H,22,24). The van der Waals surface area contributed by atoms with Crippen LogP contribution in [0.1, 0.15) is 48.2 Å². The molecule has 0 atom stereocenters. The van der Waals surface area contributed by atoms with E-state index in [9.17, 15) is 9.18 Å². The minimum atomic E-state index is -0.250. The summed E-state index contributed by atoms with van der Waals surface area (Å²) in [4.78, 5) is 13.9. The molecular formula is C20H21FN2OS. The molecule has 0 radical (unpaired) electrons. The zero-order chi connectivity index (χ0) is 17.2. The number of hydrogen-bond donors (Lipinski definition) is 1. The summed E-state index contributed by atoms with van der Waals surface area (Å²) in [6.07, 6.45) is 5.75. The van der Waals surface area contributed by atoms with Gasteiger partial charge in [0.15, 0.2) is 0 Å². The van der Waals surface area contributed by atoms with E-state index < -0.39 is 0 Å². The number of thiophene rings is 1. The molecule has 1 amide bonds. The third kappa shape index (κ3) is 3.47. The van der Waals surface area contributed by atoms with Crippen LogP contribution in [0, 0.1) is 5.82 Å². The van der Waals surface area contributed by atoms with Gasteiger partial charge >= 0.3 is 0 Å². The number of carbonyl (C=O) groups excluding carboxylic acids is 1. The molecule has 3 aromatic rings. The van der Waals surface area contributed by atoms with Gasteiger partial charge in [0, 0.05) is 18.0 Å². The van der Waals surface area contributed by atoms with Crippen molar-refractivity contribution in [2.24, 2.45) is 0 Å². The van der Waals surface area contributed by atoms with Crippen molar-refractivity contribution >= 4 is 27.5 Å². The Balaban J connectivity index is 1.63. The molecule has 1 aliphatic carbocycles. The lowest BCUT2D eigenvalue weighted by Gasteiger charge is -2.23. The molecule has 0 bridgehead atoms. The van der Waals surface area contributed by atoms with Crippen LogP contribution in [0.15, 0.2) is 41.8 Å². The van der Waals surface area contributed by atoms with Crippen LogP contribution >= 0.6 is 11.3 Å². The number of nitrogens with one attached hydrogen (secondary N) is 1. The number of fused-ring (bicyclic) bond motifs is 1. The first kappa shape index (κ1) is 16.3. The summed E-state index contributed by atoms with van der Waals surface area (Å²) in [5.74, 6) is -0.271. The van der Waals surface area contributed by atoms with Crippen molar-refractivity contribution in [1.82, 2.24) is 9.88 Å². The van der Waals surface area contributed by atoms with E-state index in [4.69, 9.17) is 0 Å². The number of benzene rings is 1. The highest BCUT2D eigenvalue weighted by molar-refractivity contribution is 7.16. The molecule has 1 N–H and O–H groups in total. The van der Waals surface area contributed by atoms with Crippen molar-refractivity contribution in [2.75, 3.05) is 0 Å². The topological polar surface area (TPSA) is 34.0 Å². The number of nitrogens with zero attached hydrogens (tertiary/aromatic N) is 1. The van der Waals surface area contributed by atoms with E-state index in [1.165, 1.54) is 31.4 Å². The Morgan fingerprint density at radius 2 is 2.04 bits per heavy atom. The molecule has 1 saturated carbocycles. The maximum Gasteiger partial charge on any atom is 0.268 e. The molecule has 0 unspecified atom stereocenters. The third-order valence-corrected chi connectivity index (χ3v) is 5.86. The van der Waals surface area contributed by atoms with Crippen LogP contribution in [-0.2, 0) is 6.54 Å². The van der Waals surface area contributed by atoms with Crippen LogP contribution in [-0.4, -0.2) is 16.5 Å². The van der Waals surface area contributed by atoms with E-state index in [-0.39, 0.29) is 17.8 Å². The SMILES string of the molecule is O=C(NC1CCCCC1)c1cc2ccsc2n1Cc1cccc(F)c1. The molecule has 2 heterocycles. The van der Waals surface area contributed by atoms with Gasteiger partial charge in [-0.2, -0.15) is 0 Å². The normalized spacial score (nSPS) is 15.6. The van der Waals surface area contributed by atoms with Gasteiger partial charge in [0.2, 0.25) is 0 Å². The first-order valence-corrected chi connectivity index (χ1v) is 9.71. The molecule has 5 heteroatoms. The predicted octanol–water partition coefficient (Wildman–Crippen LogP) is 4.95. The van der Waals surface area contributed by atoms with Gasteiger partial charge < -0.3 is 9.88 Å². The van der Waals surface area contributed by atoms with Crippen LogP contribution in [0.5, 0.6) is 0 Å². The number of hydrogen-bond acceptors (Lipinski definition) is 2. The highest BCUT2D eigenvalue weighted by Gasteiger charge is 2.21. The van der Waals surface area contributed by atoms with Gasteiger partial charge in [-0.25, -0.2) is 4.39 Å². The minimum absolute atomic E-state index is 0.0216. The van der Waals surface area contributed by atoms with E-state index in [1.807, 2.05) is 28.1 Å². The van der Waals surface area contributed by atoms with Gasteiger partial charge in [-0.3, -0.25) is 4.79 Å². The molecular weight excluding hydrogens is 335 g/mol. The Labute approximate surface area is 150 Å². The maximum absolute atomic E-state index is 13.5. The largest absolute Gasteiger partial charge is 0.348 e. The van der Waals surface area contributed by atoms with E-state index in [1.54, 1.807) is 17.4 Å². The predicted molar refractivity (Wildman–Crippen MR) is 99.7 cm³/mol. The summed E-state index contributed by atoms with van der Waals surface area (Å²) in [5, 5.41) is 6.28. The van der Waals surface area contributed by atoms with Crippen LogP contribution in [0.3, 0.4) is 0 Å². The lowest BCUT2D eigenvalue weighted by atomic mass is 9.95. The smallest absolute Gasteiger partial charge is 0.268 e. The second-order valence-corrected chi connectivity index (χ2v) is 7.63. The van der Waals surface area contributed by atoms with Crippen molar-refractivity contribution in [3.05, 3.63) is 58.9 Å². The first-order valence-electron chi connectivity index (χ1n) is 8.83. The molecule has 1 aliphatic rings. The van der Waals surface area contributed by atoms with Crippen LogP contribution in [0.2, 0.25) is 0 Å². The average Bonchev–Trinajstić information content (AvgIpc) is 3.19. The quantitative estimate of drug-likeness (QED) is 0.705. The first-order chi connectivity index (χ1) is 12.2. The Bertz CT molecular complexity index is 892. The highest BCUT2D eigenvalue weighted by atomic mass is 32.1. The zero-order valence-electron chi connectivity index (χ0n) is 14.0. The van der Waals surface area contributed by atoms with Crippen molar-refractivity contribution in [3.8, 4) is 0 Å². The number of carbonyl (C=O) groups is 1. The van der Waals surface area contributed by atoms with E-state index >= 15 is 0 Å². The summed E-state index contributed by atoms with van der Waals surface area (Å²) < 4.78 is 15.5. The fraction of sp³-hybridized carbons (Fsp3) is 0.350. The van der Waals surface area contributed by atoms with Gasteiger partial charge in [-0.05, 0) is 48.1 Å². The maximum atomic E-state index is 13.5. The molecule has 25 heavy (non-hydrogen) atoms. The average molecular weight is 356 g/mol. The van der Waals surface area contributed by atoms with Crippen LogP contribution in [0.4, 0.5) is 4.39 Å². The molecule has 0 aliphatic heterocycles. The van der Waals surface area contributed by atoms with E-state index in [0.29, 0.717) is 12.2 Å². The Morgan fingerprint density at radius 1 is 1.20 bits per heavy atom. The van der Waals surface area contributed by atoms with Crippen LogP contribution in [0.25, 0.3) is 10.2 Å². The molecule has 0 saturated heterocycles. The van der Waals surface area contributed by atoms with Gasteiger partial charge in [-0.15, -0.1) is 11.3 Å². The fourth-order valence-corrected chi connectivity index (χ4v) is 4.54. The lowest BCUT2D eigenvalue weighted by Crippen LogP contribution is -2.37. The van der Waals surface area contributed by atoms with Gasteiger partial charge in [0.05, 0.1) is 0 Å². The van der Waals surface area contributed by atoms with E-state index in [2.05, 4.69) is 5.32 Å². The number of amides is 1. The molecule has 2 aromatic heterocycles. The highest BCUT2D eigenvalue weighted by Crippen LogP contribution is 2.27. The molecule has 3 nitrogen and oxygen atoms in total. The zero-order valence-corrected chi connectivity index (χ0v) is 14.8. The molecule has 4 rings (SSSR count). The Hall–Kier alpha value is -2.14. The molecule has 1 fully saturated rings. The second kappa shape index (κ2) is 7.00. The number of rotatable bonds is 4. The van der Waals surface area contributed by atoms with Gasteiger partial charge in [-0.1, -0.05) is 31.4 Å². The minimum Gasteiger partial charge on any atom is -0.348 e. The van der Waals surface area contributed by atoms with Crippen molar-refractivity contribution in [1.29, 1.82) is 0 Å². The second-order valence-electron chi connectivity index (χ2n) is 6.74. The summed E-state index contributed by atoms with van der Waals surface area (Å²) in [6.45, 7) is 0.495. The fourth-order valence-electron chi connectivity index (χ4n) is 3.64. The summed E-state index contributed by atoms with van der Waals surface area (Å²) in [6, 6.07) is 10.8. The summed E-state index contributed by atoms with van der Waals surface area (Å²) in [5.41, 5.74) is 1.52. The van der Waals surface area contributed by atoms with Gasteiger partial charge in [0.25, 0.3) is 5.91 Å². The Kier molecular flexibility index (Phi) is 4.57. The molecule has 1 aromatic carbocycles. The molecule has 0 spiro atoms.